The first-order valence-corrected chi connectivity index (χ1v) is 9.31. The number of halogens is 2. The number of carbonyl (C=O) groups is 1. The Morgan fingerprint density at radius 2 is 2.15 bits per heavy atom. The fourth-order valence-electron chi connectivity index (χ4n) is 2.83. The molecular formula is C17H20Cl2N4O3. The summed E-state index contributed by atoms with van der Waals surface area (Å²) in [6, 6.07) is 4.82. The molecule has 0 saturated carbocycles. The summed E-state index contributed by atoms with van der Waals surface area (Å²) in [5, 5.41) is 7.99. The minimum Gasteiger partial charge on any atom is -0.482 e. The molecule has 2 aromatic rings. The highest BCUT2D eigenvalue weighted by Crippen LogP contribution is 2.27. The zero-order valence-corrected chi connectivity index (χ0v) is 15.7. The Hall–Kier alpha value is -1.99. The van der Waals surface area contributed by atoms with E-state index in [1.165, 1.54) is 4.68 Å². The standard InChI is InChI=1S/C17H20Cl2N4O3/c18-12-5-6-13(19)14(10-12)26-11-16(24)20-7-3-9-23-17(25)22-8-2-1-4-15(22)21-23/h5-6,10H,1-4,7-9,11H2,(H,20,24). The Morgan fingerprint density at radius 3 is 2.96 bits per heavy atom. The van der Waals surface area contributed by atoms with Crippen molar-refractivity contribution in [2.75, 3.05) is 13.2 Å². The van der Waals surface area contributed by atoms with Gasteiger partial charge in [0.1, 0.15) is 11.6 Å². The second kappa shape index (κ2) is 8.60. The van der Waals surface area contributed by atoms with Gasteiger partial charge in [0.2, 0.25) is 0 Å². The second-order valence-corrected chi connectivity index (χ2v) is 6.94. The molecule has 0 saturated heterocycles. The van der Waals surface area contributed by atoms with Gasteiger partial charge >= 0.3 is 5.69 Å². The van der Waals surface area contributed by atoms with E-state index >= 15 is 0 Å². The molecule has 0 unspecified atom stereocenters. The molecule has 0 atom stereocenters. The summed E-state index contributed by atoms with van der Waals surface area (Å²) < 4.78 is 8.59. The van der Waals surface area contributed by atoms with E-state index < -0.39 is 0 Å². The number of nitrogens with one attached hydrogen (secondary N) is 1. The lowest BCUT2D eigenvalue weighted by Crippen LogP contribution is -2.31. The van der Waals surface area contributed by atoms with Gasteiger partial charge in [-0.1, -0.05) is 23.2 Å². The van der Waals surface area contributed by atoms with Gasteiger partial charge in [0.05, 0.1) is 5.02 Å². The minimum absolute atomic E-state index is 0.0649. The number of rotatable bonds is 7. The van der Waals surface area contributed by atoms with Crippen LogP contribution in [0.5, 0.6) is 5.75 Å². The van der Waals surface area contributed by atoms with Crippen LogP contribution in [-0.4, -0.2) is 33.4 Å². The number of aryl methyl sites for hydroxylation is 2. The van der Waals surface area contributed by atoms with Crippen LogP contribution in [0.2, 0.25) is 10.0 Å². The lowest BCUT2D eigenvalue weighted by Gasteiger charge is -2.09. The molecule has 1 aromatic carbocycles. The van der Waals surface area contributed by atoms with Crippen LogP contribution in [0.25, 0.3) is 0 Å². The van der Waals surface area contributed by atoms with Crippen molar-refractivity contribution >= 4 is 29.1 Å². The molecule has 0 aliphatic carbocycles. The van der Waals surface area contributed by atoms with Crippen LogP contribution in [0.1, 0.15) is 25.1 Å². The summed E-state index contributed by atoms with van der Waals surface area (Å²) in [5.74, 6) is 0.957. The summed E-state index contributed by atoms with van der Waals surface area (Å²) in [6.45, 7) is 1.49. The minimum atomic E-state index is -0.266. The monoisotopic (exact) mass is 398 g/mol. The van der Waals surface area contributed by atoms with Gasteiger partial charge in [-0.25, -0.2) is 9.48 Å². The molecule has 26 heavy (non-hydrogen) atoms. The number of aromatic nitrogens is 3. The number of hydrogen-bond donors (Lipinski definition) is 1. The number of fused-ring (bicyclic) bond motifs is 1. The summed E-state index contributed by atoms with van der Waals surface area (Å²) in [5.41, 5.74) is -0.0649. The van der Waals surface area contributed by atoms with Crippen LogP contribution < -0.4 is 15.7 Å². The molecule has 1 aliphatic heterocycles. The van der Waals surface area contributed by atoms with Crippen molar-refractivity contribution in [3.63, 3.8) is 0 Å². The van der Waals surface area contributed by atoms with Crippen LogP contribution in [0.4, 0.5) is 0 Å². The zero-order valence-electron chi connectivity index (χ0n) is 14.2. The summed E-state index contributed by atoms with van der Waals surface area (Å²) in [7, 11) is 0. The molecule has 1 amide bonds. The maximum Gasteiger partial charge on any atom is 0.345 e. The van der Waals surface area contributed by atoms with Crippen molar-refractivity contribution in [3.8, 4) is 5.75 Å². The molecule has 1 N–H and O–H groups in total. The van der Waals surface area contributed by atoms with E-state index in [-0.39, 0.29) is 18.2 Å². The maximum absolute atomic E-state index is 12.2. The van der Waals surface area contributed by atoms with Crippen LogP contribution in [0, 0.1) is 0 Å². The third-order valence-corrected chi connectivity index (χ3v) is 4.70. The first kappa shape index (κ1) is 18.8. The maximum atomic E-state index is 12.2. The van der Waals surface area contributed by atoms with Crippen molar-refractivity contribution in [2.45, 2.75) is 38.8 Å². The summed E-state index contributed by atoms with van der Waals surface area (Å²) in [6.07, 6.45) is 3.55. The largest absolute Gasteiger partial charge is 0.482 e. The molecule has 2 heterocycles. The van der Waals surface area contributed by atoms with Crippen molar-refractivity contribution < 1.29 is 9.53 Å². The number of nitrogens with zero attached hydrogens (tertiary/aromatic N) is 3. The van der Waals surface area contributed by atoms with Crippen LogP contribution >= 0.6 is 23.2 Å². The third-order valence-electron chi connectivity index (χ3n) is 4.15. The first-order chi connectivity index (χ1) is 12.5. The highest BCUT2D eigenvalue weighted by molar-refractivity contribution is 6.34. The van der Waals surface area contributed by atoms with Crippen molar-refractivity contribution in [1.82, 2.24) is 19.7 Å². The van der Waals surface area contributed by atoms with E-state index in [0.717, 1.165) is 31.6 Å². The smallest absolute Gasteiger partial charge is 0.345 e. The molecule has 0 bridgehead atoms. The second-order valence-electron chi connectivity index (χ2n) is 6.10. The normalized spacial score (nSPS) is 13.3. The van der Waals surface area contributed by atoms with Gasteiger partial charge in [-0.2, -0.15) is 5.10 Å². The van der Waals surface area contributed by atoms with Crippen LogP contribution in [-0.2, 0) is 24.3 Å². The zero-order chi connectivity index (χ0) is 18.5. The average Bonchev–Trinajstić information content (AvgIpc) is 2.96. The highest BCUT2D eigenvalue weighted by atomic mass is 35.5. The summed E-state index contributed by atoms with van der Waals surface area (Å²) >= 11 is 11.8. The molecule has 7 nitrogen and oxygen atoms in total. The molecular weight excluding hydrogens is 379 g/mol. The SMILES string of the molecule is O=C(COc1cc(Cl)ccc1Cl)NCCCn1nc2n(c1=O)CCCC2. The summed E-state index contributed by atoms with van der Waals surface area (Å²) in [4.78, 5) is 24.0. The van der Waals surface area contributed by atoms with Gasteiger partial charge in [-0.05, 0) is 31.4 Å². The Kier molecular flexibility index (Phi) is 6.21. The van der Waals surface area contributed by atoms with Crippen LogP contribution in [0.15, 0.2) is 23.0 Å². The molecule has 3 rings (SSSR count). The Balaban J connectivity index is 1.41. The van der Waals surface area contributed by atoms with Crippen molar-refractivity contribution in [3.05, 3.63) is 44.6 Å². The fourth-order valence-corrected chi connectivity index (χ4v) is 3.17. The predicted octanol–water partition coefficient (Wildman–Crippen LogP) is 2.27. The topological polar surface area (TPSA) is 78.2 Å². The van der Waals surface area contributed by atoms with Gasteiger partial charge in [0.25, 0.3) is 5.91 Å². The molecule has 9 heteroatoms. The van der Waals surface area contributed by atoms with Gasteiger partial charge in [0, 0.05) is 37.1 Å². The fraction of sp³-hybridized carbons (Fsp3) is 0.471. The number of benzene rings is 1. The van der Waals surface area contributed by atoms with E-state index in [2.05, 4.69) is 10.4 Å². The average molecular weight is 399 g/mol. The Labute approximate surface area is 160 Å². The Bertz CT molecular complexity index is 847. The molecule has 0 radical (unpaired) electrons. The number of carbonyl (C=O) groups excluding carboxylic acids is 1. The van der Waals surface area contributed by atoms with Gasteiger partial charge in [-0.3, -0.25) is 9.36 Å². The highest BCUT2D eigenvalue weighted by Gasteiger charge is 2.16. The van der Waals surface area contributed by atoms with Gasteiger partial charge < -0.3 is 10.1 Å². The number of amides is 1. The van der Waals surface area contributed by atoms with Gasteiger partial charge in [0.15, 0.2) is 6.61 Å². The van der Waals surface area contributed by atoms with Crippen LogP contribution in [0.3, 0.4) is 0 Å². The van der Waals surface area contributed by atoms with E-state index in [1.807, 2.05) is 0 Å². The van der Waals surface area contributed by atoms with Crippen molar-refractivity contribution in [2.24, 2.45) is 0 Å². The van der Waals surface area contributed by atoms with E-state index in [9.17, 15) is 9.59 Å². The molecule has 0 fully saturated rings. The predicted molar refractivity (Wildman–Crippen MR) is 99.0 cm³/mol. The lowest BCUT2D eigenvalue weighted by molar-refractivity contribution is -0.123. The Morgan fingerprint density at radius 1 is 1.31 bits per heavy atom. The number of hydrogen-bond acceptors (Lipinski definition) is 4. The number of ether oxygens (including phenoxy) is 1. The van der Waals surface area contributed by atoms with Gasteiger partial charge in [-0.15, -0.1) is 0 Å². The third kappa shape index (κ3) is 4.59. The molecule has 0 spiro atoms. The van der Waals surface area contributed by atoms with E-state index in [1.54, 1.807) is 22.8 Å². The molecule has 1 aliphatic rings. The quantitative estimate of drug-likeness (QED) is 0.725. The van der Waals surface area contributed by atoms with E-state index in [0.29, 0.717) is 35.3 Å². The van der Waals surface area contributed by atoms with Crippen molar-refractivity contribution in [1.29, 1.82) is 0 Å². The molecule has 1 aromatic heterocycles. The van der Waals surface area contributed by atoms with E-state index in [4.69, 9.17) is 27.9 Å². The lowest BCUT2D eigenvalue weighted by atomic mass is 10.2. The molecule has 140 valence electrons. The first-order valence-electron chi connectivity index (χ1n) is 8.55.